The molecule has 0 saturated carbocycles. The van der Waals surface area contributed by atoms with Crippen LogP contribution < -0.4 is 5.32 Å². The molecule has 1 aliphatic heterocycles. The van der Waals surface area contributed by atoms with Gasteiger partial charge < -0.3 is 10.2 Å². The summed E-state index contributed by atoms with van der Waals surface area (Å²) in [4.78, 5) is 13.1. The molecule has 1 fully saturated rings. The van der Waals surface area contributed by atoms with E-state index in [2.05, 4.69) is 52.2 Å². The van der Waals surface area contributed by atoms with Gasteiger partial charge in [0.05, 0.1) is 0 Å². The zero-order valence-corrected chi connectivity index (χ0v) is 12.1. The van der Waals surface area contributed by atoms with Crippen molar-refractivity contribution in [1.29, 1.82) is 0 Å². The molecule has 0 aliphatic carbocycles. The van der Waals surface area contributed by atoms with Gasteiger partial charge in [-0.05, 0) is 59.7 Å². The van der Waals surface area contributed by atoms with Crippen molar-refractivity contribution in [3.8, 4) is 0 Å². The van der Waals surface area contributed by atoms with Crippen LogP contribution in [0.5, 0.6) is 0 Å². The normalized spacial score (nSPS) is 16.9. The lowest BCUT2D eigenvalue weighted by atomic mass is 10.0. The van der Waals surface area contributed by atoms with Crippen LogP contribution in [0.4, 0.5) is 5.69 Å². The highest BCUT2D eigenvalue weighted by atomic mass is 127. The summed E-state index contributed by atoms with van der Waals surface area (Å²) in [5, 5.41) is 3.53. The fourth-order valence-corrected chi connectivity index (χ4v) is 2.48. The quantitative estimate of drug-likeness (QED) is 0.837. The number of anilines is 1. The number of halogens is 1. The zero-order valence-electron chi connectivity index (χ0n) is 9.95. The second-order valence-corrected chi connectivity index (χ2v) is 5.68. The maximum atomic E-state index is 11.2. The summed E-state index contributed by atoms with van der Waals surface area (Å²) in [7, 11) is 0. The van der Waals surface area contributed by atoms with Gasteiger partial charge >= 0.3 is 0 Å². The third-order valence-corrected chi connectivity index (χ3v) is 3.87. The first kappa shape index (κ1) is 12.7. The molecule has 1 heterocycles. The van der Waals surface area contributed by atoms with Crippen molar-refractivity contribution in [2.75, 3.05) is 18.4 Å². The van der Waals surface area contributed by atoms with Crippen molar-refractivity contribution >= 4 is 34.2 Å². The molecule has 1 aromatic rings. The minimum Gasteiger partial charge on any atom is -0.382 e. The van der Waals surface area contributed by atoms with Crippen LogP contribution in [0.2, 0.25) is 0 Å². The van der Waals surface area contributed by atoms with E-state index in [0.29, 0.717) is 6.04 Å². The predicted octanol–water partition coefficient (Wildman–Crippen LogP) is 2.71. The van der Waals surface area contributed by atoms with E-state index in [1.54, 1.807) is 6.92 Å². The van der Waals surface area contributed by atoms with Crippen LogP contribution in [0.1, 0.15) is 19.8 Å². The van der Waals surface area contributed by atoms with E-state index in [-0.39, 0.29) is 5.91 Å². The van der Waals surface area contributed by atoms with Crippen molar-refractivity contribution in [3.05, 3.63) is 27.8 Å². The maximum absolute atomic E-state index is 11.2. The van der Waals surface area contributed by atoms with E-state index >= 15 is 0 Å². The number of hydrogen-bond acceptors (Lipinski definition) is 2. The highest BCUT2D eigenvalue weighted by Gasteiger charge is 2.20. The monoisotopic (exact) mass is 344 g/mol. The zero-order chi connectivity index (χ0) is 12.3. The Balaban J connectivity index is 1.85. The average Bonchev–Trinajstić information content (AvgIpc) is 2.33. The molecule has 0 bridgehead atoms. The van der Waals surface area contributed by atoms with Gasteiger partial charge in [0.15, 0.2) is 0 Å². The number of benzene rings is 1. The summed E-state index contributed by atoms with van der Waals surface area (Å²) in [5.41, 5.74) is 1.17. The highest BCUT2D eigenvalue weighted by Crippen LogP contribution is 2.17. The van der Waals surface area contributed by atoms with Crippen LogP contribution in [0.25, 0.3) is 0 Å². The van der Waals surface area contributed by atoms with Crippen LogP contribution in [-0.2, 0) is 4.79 Å². The SMILES string of the molecule is CC(=O)N1CCC(Nc2ccc(I)cc2)CC1. The summed E-state index contributed by atoms with van der Waals surface area (Å²) in [5.74, 6) is 0.192. The number of piperidine rings is 1. The fraction of sp³-hybridized carbons (Fsp3) is 0.462. The number of amides is 1. The van der Waals surface area contributed by atoms with E-state index in [1.807, 2.05) is 4.90 Å². The Kier molecular flexibility index (Phi) is 4.25. The van der Waals surface area contributed by atoms with Gasteiger partial charge in [-0.1, -0.05) is 0 Å². The minimum absolute atomic E-state index is 0.192. The number of nitrogens with one attached hydrogen (secondary N) is 1. The first-order chi connectivity index (χ1) is 8.15. The molecule has 1 aliphatic rings. The second kappa shape index (κ2) is 5.71. The number of likely N-dealkylation sites (tertiary alicyclic amines) is 1. The molecule has 1 saturated heterocycles. The maximum Gasteiger partial charge on any atom is 0.219 e. The lowest BCUT2D eigenvalue weighted by molar-refractivity contribution is -0.129. The van der Waals surface area contributed by atoms with E-state index < -0.39 is 0 Å². The van der Waals surface area contributed by atoms with Gasteiger partial charge in [-0.3, -0.25) is 4.79 Å². The van der Waals surface area contributed by atoms with Crippen LogP contribution in [-0.4, -0.2) is 29.9 Å². The first-order valence-electron chi connectivity index (χ1n) is 5.93. The first-order valence-corrected chi connectivity index (χ1v) is 7.00. The molecule has 2 rings (SSSR count). The fourth-order valence-electron chi connectivity index (χ4n) is 2.12. The third kappa shape index (κ3) is 3.59. The predicted molar refractivity (Wildman–Crippen MR) is 78.1 cm³/mol. The van der Waals surface area contributed by atoms with Gasteiger partial charge in [0.1, 0.15) is 0 Å². The molecule has 0 atom stereocenters. The van der Waals surface area contributed by atoms with Crippen LogP contribution in [0.15, 0.2) is 24.3 Å². The molecule has 0 radical (unpaired) electrons. The summed E-state index contributed by atoms with van der Waals surface area (Å²) in [6.45, 7) is 3.39. The third-order valence-electron chi connectivity index (χ3n) is 3.16. The van der Waals surface area contributed by atoms with Gasteiger partial charge in [-0.25, -0.2) is 0 Å². The minimum atomic E-state index is 0.192. The van der Waals surface area contributed by atoms with Crippen LogP contribution >= 0.6 is 22.6 Å². The topological polar surface area (TPSA) is 32.3 Å². The van der Waals surface area contributed by atoms with E-state index in [9.17, 15) is 4.79 Å². The summed E-state index contributed by atoms with van der Waals surface area (Å²) < 4.78 is 1.25. The number of carbonyl (C=O) groups excluding carboxylic acids is 1. The standard InChI is InChI=1S/C13H17IN2O/c1-10(17)16-8-6-13(7-9-16)15-12-4-2-11(14)3-5-12/h2-5,13,15H,6-9H2,1H3. The van der Waals surface area contributed by atoms with Gasteiger partial charge in [0.25, 0.3) is 0 Å². The Morgan fingerprint density at radius 3 is 2.41 bits per heavy atom. The molecule has 4 heteroatoms. The molecule has 0 spiro atoms. The van der Waals surface area contributed by atoms with E-state index in [4.69, 9.17) is 0 Å². The van der Waals surface area contributed by atoms with E-state index in [1.165, 1.54) is 9.26 Å². The Hall–Kier alpha value is -0.780. The lowest BCUT2D eigenvalue weighted by Gasteiger charge is -2.32. The molecular weight excluding hydrogens is 327 g/mol. The summed E-state index contributed by atoms with van der Waals surface area (Å²) >= 11 is 2.31. The molecule has 0 aromatic heterocycles. The van der Waals surface area contributed by atoms with Gasteiger partial charge in [0.2, 0.25) is 5.91 Å². The summed E-state index contributed by atoms with van der Waals surface area (Å²) in [6, 6.07) is 8.92. The highest BCUT2D eigenvalue weighted by molar-refractivity contribution is 14.1. The van der Waals surface area contributed by atoms with Crippen LogP contribution in [0, 0.1) is 3.57 Å². The van der Waals surface area contributed by atoms with Gasteiger partial charge in [-0.15, -0.1) is 0 Å². The molecular formula is C13H17IN2O. The smallest absolute Gasteiger partial charge is 0.219 e. The Morgan fingerprint density at radius 1 is 1.29 bits per heavy atom. The molecule has 1 amide bonds. The molecule has 3 nitrogen and oxygen atoms in total. The van der Waals surface area contributed by atoms with Gasteiger partial charge in [0, 0.05) is 35.3 Å². The molecule has 92 valence electrons. The molecule has 0 unspecified atom stereocenters. The molecule has 1 aromatic carbocycles. The number of carbonyl (C=O) groups is 1. The van der Waals surface area contributed by atoms with Crippen LogP contribution in [0.3, 0.4) is 0 Å². The Bertz CT molecular complexity index is 383. The second-order valence-electron chi connectivity index (χ2n) is 4.43. The average molecular weight is 344 g/mol. The lowest BCUT2D eigenvalue weighted by Crippen LogP contribution is -2.41. The van der Waals surface area contributed by atoms with Crippen molar-refractivity contribution in [3.63, 3.8) is 0 Å². The van der Waals surface area contributed by atoms with Crippen molar-refractivity contribution in [2.45, 2.75) is 25.8 Å². The number of hydrogen-bond donors (Lipinski definition) is 1. The largest absolute Gasteiger partial charge is 0.382 e. The Labute approximate surface area is 116 Å². The van der Waals surface area contributed by atoms with Crippen molar-refractivity contribution in [2.24, 2.45) is 0 Å². The van der Waals surface area contributed by atoms with Crippen molar-refractivity contribution < 1.29 is 4.79 Å². The molecule has 17 heavy (non-hydrogen) atoms. The number of rotatable bonds is 2. The van der Waals surface area contributed by atoms with E-state index in [0.717, 1.165) is 25.9 Å². The van der Waals surface area contributed by atoms with Crippen molar-refractivity contribution in [1.82, 2.24) is 4.90 Å². The number of nitrogens with zero attached hydrogens (tertiary/aromatic N) is 1. The Morgan fingerprint density at radius 2 is 1.88 bits per heavy atom. The summed E-state index contributed by atoms with van der Waals surface area (Å²) in [6.07, 6.45) is 2.07. The van der Waals surface area contributed by atoms with Gasteiger partial charge in [-0.2, -0.15) is 0 Å². The molecule has 1 N–H and O–H groups in total.